The second kappa shape index (κ2) is 8.76. The van der Waals surface area contributed by atoms with Gasteiger partial charge in [-0.25, -0.2) is 0 Å². The Kier molecular flexibility index (Phi) is 8.39. The number of carbonyl (C=O) groups excluding carboxylic acids is 1. The van der Waals surface area contributed by atoms with Gasteiger partial charge < -0.3 is 15.8 Å². The standard InChI is InChI=1S/C17H27ClN2O2.ClH/c1-16(2,3)11-17(4,5)20-9-12-8-13(18)6-7-14(12)22-10-15(19)21;/h6-8,20H,9-11H2,1-5H3,(H2,19,21);1H. The Hall–Kier alpha value is -0.970. The molecule has 0 aliphatic rings. The molecule has 1 aromatic rings. The van der Waals surface area contributed by atoms with Crippen LogP contribution in [0, 0.1) is 5.41 Å². The monoisotopic (exact) mass is 362 g/mol. The minimum absolute atomic E-state index is 0. The van der Waals surface area contributed by atoms with E-state index in [0.717, 1.165) is 12.0 Å². The lowest BCUT2D eigenvalue weighted by molar-refractivity contribution is -0.119. The van der Waals surface area contributed by atoms with Crippen molar-refractivity contribution in [1.82, 2.24) is 5.32 Å². The highest BCUT2D eigenvalue weighted by Gasteiger charge is 2.25. The van der Waals surface area contributed by atoms with E-state index in [0.29, 0.717) is 17.3 Å². The van der Waals surface area contributed by atoms with Crippen molar-refractivity contribution in [2.45, 2.75) is 53.1 Å². The number of hydrogen-bond donors (Lipinski definition) is 2. The van der Waals surface area contributed by atoms with Gasteiger partial charge in [0.05, 0.1) is 0 Å². The average molecular weight is 363 g/mol. The fraction of sp³-hybridized carbons (Fsp3) is 0.588. The zero-order valence-electron chi connectivity index (χ0n) is 14.5. The van der Waals surface area contributed by atoms with Gasteiger partial charge in [-0.05, 0) is 43.9 Å². The zero-order chi connectivity index (χ0) is 17.0. The maximum absolute atomic E-state index is 10.9. The molecule has 0 saturated carbocycles. The van der Waals surface area contributed by atoms with E-state index in [1.807, 2.05) is 6.07 Å². The molecule has 23 heavy (non-hydrogen) atoms. The highest BCUT2D eigenvalue weighted by Crippen LogP contribution is 2.28. The summed E-state index contributed by atoms with van der Waals surface area (Å²) in [5, 5.41) is 4.17. The first-order valence-corrected chi connectivity index (χ1v) is 7.81. The quantitative estimate of drug-likeness (QED) is 0.772. The van der Waals surface area contributed by atoms with Crippen LogP contribution in [0.2, 0.25) is 5.02 Å². The molecule has 0 bridgehead atoms. The molecule has 0 spiro atoms. The Balaban J connectivity index is 0.00000484. The molecule has 0 aliphatic carbocycles. The molecule has 0 unspecified atom stereocenters. The number of carbonyl (C=O) groups is 1. The second-order valence-electron chi connectivity index (χ2n) is 7.48. The molecule has 6 heteroatoms. The fourth-order valence-corrected chi connectivity index (χ4v) is 2.89. The predicted molar refractivity (Wildman–Crippen MR) is 98.4 cm³/mol. The molecular weight excluding hydrogens is 335 g/mol. The Bertz CT molecular complexity index is 526. The zero-order valence-corrected chi connectivity index (χ0v) is 16.1. The third-order valence-corrected chi connectivity index (χ3v) is 3.36. The van der Waals surface area contributed by atoms with Crippen LogP contribution in [0.1, 0.15) is 46.6 Å². The van der Waals surface area contributed by atoms with Gasteiger partial charge in [0.1, 0.15) is 5.75 Å². The molecule has 1 aromatic carbocycles. The summed E-state index contributed by atoms with van der Waals surface area (Å²) < 4.78 is 5.45. The van der Waals surface area contributed by atoms with E-state index in [2.05, 4.69) is 39.9 Å². The van der Waals surface area contributed by atoms with Gasteiger partial charge in [-0.2, -0.15) is 0 Å². The Labute approximate surface area is 150 Å². The Morgan fingerprint density at radius 3 is 2.39 bits per heavy atom. The van der Waals surface area contributed by atoms with Crippen molar-refractivity contribution >= 4 is 29.9 Å². The molecule has 1 amide bonds. The van der Waals surface area contributed by atoms with Gasteiger partial charge in [-0.15, -0.1) is 12.4 Å². The van der Waals surface area contributed by atoms with E-state index in [1.165, 1.54) is 0 Å². The van der Waals surface area contributed by atoms with Gasteiger partial charge >= 0.3 is 0 Å². The van der Waals surface area contributed by atoms with Gasteiger partial charge in [0.2, 0.25) is 0 Å². The molecule has 0 saturated heterocycles. The van der Waals surface area contributed by atoms with E-state index >= 15 is 0 Å². The average Bonchev–Trinajstić information content (AvgIpc) is 2.32. The molecule has 132 valence electrons. The molecule has 0 heterocycles. The highest BCUT2D eigenvalue weighted by atomic mass is 35.5. The van der Waals surface area contributed by atoms with Crippen LogP contribution < -0.4 is 15.8 Å². The largest absolute Gasteiger partial charge is 0.483 e. The summed E-state index contributed by atoms with van der Waals surface area (Å²) in [5.74, 6) is 0.129. The molecule has 0 aromatic heterocycles. The SMILES string of the molecule is CC(C)(C)CC(C)(C)NCc1cc(Cl)ccc1OCC(N)=O.Cl. The number of hydrogen-bond acceptors (Lipinski definition) is 3. The van der Waals surface area contributed by atoms with Crippen LogP contribution in [0.4, 0.5) is 0 Å². The fourth-order valence-electron chi connectivity index (χ4n) is 2.70. The first-order chi connectivity index (χ1) is 9.98. The highest BCUT2D eigenvalue weighted by molar-refractivity contribution is 6.30. The van der Waals surface area contributed by atoms with Crippen LogP contribution in [0.15, 0.2) is 18.2 Å². The lowest BCUT2D eigenvalue weighted by Gasteiger charge is -2.33. The molecule has 4 nitrogen and oxygen atoms in total. The van der Waals surface area contributed by atoms with Gasteiger partial charge in [-0.3, -0.25) is 4.79 Å². The van der Waals surface area contributed by atoms with Crippen LogP contribution in [0.3, 0.4) is 0 Å². The Morgan fingerprint density at radius 1 is 1.26 bits per heavy atom. The van der Waals surface area contributed by atoms with Crippen molar-refractivity contribution in [3.05, 3.63) is 28.8 Å². The summed E-state index contributed by atoms with van der Waals surface area (Å²) in [6.07, 6.45) is 1.03. The molecular formula is C17H28Cl2N2O2. The number of amides is 1. The van der Waals surface area contributed by atoms with E-state index in [4.69, 9.17) is 22.1 Å². The van der Waals surface area contributed by atoms with Crippen molar-refractivity contribution in [3.63, 3.8) is 0 Å². The molecule has 0 atom stereocenters. The molecule has 0 aliphatic heterocycles. The summed E-state index contributed by atoms with van der Waals surface area (Å²) in [6, 6.07) is 5.35. The van der Waals surface area contributed by atoms with E-state index in [1.54, 1.807) is 12.1 Å². The van der Waals surface area contributed by atoms with Crippen molar-refractivity contribution in [1.29, 1.82) is 0 Å². The predicted octanol–water partition coefficient (Wildman–Crippen LogP) is 3.93. The van der Waals surface area contributed by atoms with Crippen LogP contribution >= 0.6 is 24.0 Å². The van der Waals surface area contributed by atoms with Crippen molar-refractivity contribution < 1.29 is 9.53 Å². The first-order valence-electron chi connectivity index (χ1n) is 7.43. The number of nitrogens with two attached hydrogens (primary N) is 1. The lowest BCUT2D eigenvalue weighted by atomic mass is 9.82. The van der Waals surface area contributed by atoms with Crippen LogP contribution in [-0.2, 0) is 11.3 Å². The summed E-state index contributed by atoms with van der Waals surface area (Å²) >= 11 is 6.06. The van der Waals surface area contributed by atoms with Crippen LogP contribution in [0.25, 0.3) is 0 Å². The number of nitrogens with one attached hydrogen (secondary N) is 1. The summed E-state index contributed by atoms with van der Waals surface area (Å²) in [5.41, 5.74) is 6.25. The number of benzene rings is 1. The lowest BCUT2D eigenvalue weighted by Crippen LogP contribution is -2.41. The number of primary amides is 1. The summed E-state index contributed by atoms with van der Waals surface area (Å²) in [6.45, 7) is 11.5. The maximum atomic E-state index is 10.9. The maximum Gasteiger partial charge on any atom is 0.255 e. The van der Waals surface area contributed by atoms with E-state index in [9.17, 15) is 4.79 Å². The normalized spacial score (nSPS) is 11.7. The van der Waals surface area contributed by atoms with Gasteiger partial charge in [0, 0.05) is 22.7 Å². The number of ether oxygens (including phenoxy) is 1. The second-order valence-corrected chi connectivity index (χ2v) is 7.92. The minimum atomic E-state index is -0.498. The Morgan fingerprint density at radius 2 is 1.87 bits per heavy atom. The van der Waals surface area contributed by atoms with Gasteiger partial charge in [-0.1, -0.05) is 32.4 Å². The van der Waals surface area contributed by atoms with Crippen molar-refractivity contribution in [3.8, 4) is 5.75 Å². The third-order valence-electron chi connectivity index (χ3n) is 3.12. The summed E-state index contributed by atoms with van der Waals surface area (Å²) in [7, 11) is 0. The van der Waals surface area contributed by atoms with Crippen molar-refractivity contribution in [2.75, 3.05) is 6.61 Å². The number of rotatable bonds is 7. The number of halogens is 2. The van der Waals surface area contributed by atoms with E-state index < -0.39 is 5.91 Å². The van der Waals surface area contributed by atoms with Crippen LogP contribution in [-0.4, -0.2) is 18.1 Å². The van der Waals surface area contributed by atoms with E-state index in [-0.39, 0.29) is 30.0 Å². The molecule has 0 radical (unpaired) electrons. The smallest absolute Gasteiger partial charge is 0.255 e. The molecule has 0 fully saturated rings. The first kappa shape index (κ1) is 22.0. The topological polar surface area (TPSA) is 64.3 Å². The summed E-state index contributed by atoms with van der Waals surface area (Å²) in [4.78, 5) is 10.9. The van der Waals surface area contributed by atoms with Gasteiger partial charge in [0.25, 0.3) is 5.91 Å². The van der Waals surface area contributed by atoms with Crippen molar-refractivity contribution in [2.24, 2.45) is 11.1 Å². The van der Waals surface area contributed by atoms with Gasteiger partial charge in [0.15, 0.2) is 6.61 Å². The third kappa shape index (κ3) is 9.04. The van der Waals surface area contributed by atoms with Crippen LogP contribution in [0.5, 0.6) is 5.75 Å². The minimum Gasteiger partial charge on any atom is -0.483 e. The molecule has 3 N–H and O–H groups in total. The molecule has 1 rings (SSSR count).